The van der Waals surface area contributed by atoms with E-state index in [9.17, 15) is 9.59 Å². The molecule has 0 aliphatic heterocycles. The molecular weight excluding hydrogens is 386 g/mol. The molecule has 0 saturated carbocycles. The Hall–Kier alpha value is -0.680. The van der Waals surface area contributed by atoms with Crippen LogP contribution in [-0.4, -0.2) is 18.5 Å². The minimum Gasteiger partial charge on any atom is -0.466 e. The lowest BCUT2D eigenvalue weighted by molar-refractivity contribution is -0.144. The topological polar surface area (TPSA) is 52.6 Å². The fourth-order valence-electron chi connectivity index (χ4n) is 1.59. The summed E-state index contributed by atoms with van der Waals surface area (Å²) in [5, 5.41) is 0.272. The number of hydrogen-bond donors (Lipinski definition) is 0. The van der Waals surface area contributed by atoms with Crippen LogP contribution in [0.2, 0.25) is 20.1 Å². The van der Waals surface area contributed by atoms with Gasteiger partial charge in [-0.05, 0) is 18.9 Å². The first kappa shape index (κ1) is 20.4. The van der Waals surface area contributed by atoms with Crippen molar-refractivity contribution >= 4 is 58.3 Å². The van der Waals surface area contributed by atoms with E-state index in [1.54, 1.807) is 0 Å². The Morgan fingerprint density at radius 1 is 0.957 bits per heavy atom. The first-order chi connectivity index (χ1) is 10.9. The zero-order valence-corrected chi connectivity index (χ0v) is 15.5. The number of benzene rings is 1. The summed E-state index contributed by atoms with van der Waals surface area (Å²) in [6.45, 7) is 2.40. The van der Waals surface area contributed by atoms with Gasteiger partial charge in [0.15, 0.2) is 5.75 Å². The predicted octanol–water partition coefficient (Wildman–Crippen LogP) is 5.72. The third kappa shape index (κ3) is 6.76. The largest absolute Gasteiger partial charge is 0.466 e. The van der Waals surface area contributed by atoms with Gasteiger partial charge in [0.1, 0.15) is 10.0 Å². The van der Waals surface area contributed by atoms with Crippen molar-refractivity contribution in [2.24, 2.45) is 0 Å². The molecule has 1 aromatic carbocycles. The van der Waals surface area contributed by atoms with E-state index >= 15 is 0 Å². The summed E-state index contributed by atoms with van der Waals surface area (Å²) in [4.78, 5) is 23.2. The Bertz CT molecular complexity index is 549. The third-order valence-electron chi connectivity index (χ3n) is 2.81. The maximum Gasteiger partial charge on any atom is 0.311 e. The van der Waals surface area contributed by atoms with Crippen LogP contribution in [0.4, 0.5) is 0 Å². The molecule has 0 fully saturated rings. The first-order valence-electron chi connectivity index (χ1n) is 7.06. The van der Waals surface area contributed by atoms with Crippen molar-refractivity contribution in [3.05, 3.63) is 26.2 Å². The number of carbonyl (C=O) groups excluding carboxylic acids is 2. The van der Waals surface area contributed by atoms with Crippen molar-refractivity contribution in [2.75, 3.05) is 6.61 Å². The second kappa shape index (κ2) is 10.2. The fraction of sp³-hybridized carbons (Fsp3) is 0.467. The maximum absolute atomic E-state index is 11.8. The number of ether oxygens (including phenoxy) is 2. The molecule has 0 aromatic heterocycles. The minimum atomic E-state index is -0.589. The smallest absolute Gasteiger partial charge is 0.311 e. The zero-order valence-electron chi connectivity index (χ0n) is 12.5. The molecule has 4 nitrogen and oxygen atoms in total. The molecule has 0 aliphatic carbocycles. The van der Waals surface area contributed by atoms with Crippen molar-refractivity contribution in [2.45, 2.75) is 39.0 Å². The molecule has 0 unspecified atom stereocenters. The second-order valence-corrected chi connectivity index (χ2v) is 6.27. The molecule has 23 heavy (non-hydrogen) atoms. The lowest BCUT2D eigenvalue weighted by Gasteiger charge is -2.10. The monoisotopic (exact) mass is 400 g/mol. The third-order valence-corrected chi connectivity index (χ3v) is 4.35. The molecule has 0 amide bonds. The number of esters is 2. The van der Waals surface area contributed by atoms with Crippen molar-refractivity contribution in [1.82, 2.24) is 0 Å². The number of unbranched alkanes of at least 4 members (excludes halogenated alkanes) is 1. The molecule has 0 saturated heterocycles. The van der Waals surface area contributed by atoms with E-state index in [2.05, 4.69) is 0 Å². The number of rotatable bonds is 8. The van der Waals surface area contributed by atoms with Gasteiger partial charge >= 0.3 is 11.9 Å². The van der Waals surface area contributed by atoms with E-state index in [-0.39, 0.29) is 44.7 Å². The standard InChI is InChI=1S/C15H16Cl4O4/c1-2-3-7-22-11(20)5-4-6-12(21)23-15-13(18)9(16)8-10(17)14(15)19/h8H,2-7H2,1H3. The van der Waals surface area contributed by atoms with E-state index in [0.717, 1.165) is 12.8 Å². The SMILES string of the molecule is CCCCOC(=O)CCCC(=O)Oc1c(Cl)c(Cl)cc(Cl)c1Cl. The summed E-state index contributed by atoms with van der Waals surface area (Å²) >= 11 is 23.6. The van der Waals surface area contributed by atoms with E-state index in [1.807, 2.05) is 6.92 Å². The lowest BCUT2D eigenvalue weighted by atomic mass is 10.2. The van der Waals surface area contributed by atoms with Gasteiger partial charge in [-0.15, -0.1) is 0 Å². The zero-order chi connectivity index (χ0) is 17.4. The molecule has 1 rings (SSSR count). The summed E-state index contributed by atoms with van der Waals surface area (Å²) in [5.41, 5.74) is 0. The Labute approximate surface area is 154 Å². The lowest BCUT2D eigenvalue weighted by Crippen LogP contribution is -2.11. The van der Waals surface area contributed by atoms with Crippen LogP contribution in [0.3, 0.4) is 0 Å². The van der Waals surface area contributed by atoms with E-state index < -0.39 is 5.97 Å². The molecule has 8 heteroatoms. The van der Waals surface area contributed by atoms with Crippen molar-refractivity contribution in [3.8, 4) is 5.75 Å². The van der Waals surface area contributed by atoms with Gasteiger partial charge in [-0.1, -0.05) is 59.7 Å². The molecular formula is C15H16Cl4O4. The normalized spacial score (nSPS) is 10.5. The molecule has 0 atom stereocenters. The Balaban J connectivity index is 2.48. The molecule has 0 radical (unpaired) electrons. The first-order valence-corrected chi connectivity index (χ1v) is 8.57. The molecule has 0 heterocycles. The van der Waals surface area contributed by atoms with Crippen molar-refractivity contribution in [3.63, 3.8) is 0 Å². The van der Waals surface area contributed by atoms with Gasteiger partial charge in [0.05, 0.1) is 16.7 Å². The van der Waals surface area contributed by atoms with Crippen molar-refractivity contribution in [1.29, 1.82) is 0 Å². The molecule has 0 bridgehead atoms. The van der Waals surface area contributed by atoms with Gasteiger partial charge in [-0.3, -0.25) is 9.59 Å². The summed E-state index contributed by atoms with van der Waals surface area (Å²) < 4.78 is 10.1. The highest BCUT2D eigenvalue weighted by Crippen LogP contribution is 2.42. The summed E-state index contributed by atoms with van der Waals surface area (Å²) in [6, 6.07) is 1.36. The molecule has 0 spiro atoms. The number of halogens is 4. The van der Waals surface area contributed by atoms with Crippen LogP contribution >= 0.6 is 46.4 Å². The maximum atomic E-state index is 11.8. The van der Waals surface area contributed by atoms with Crippen LogP contribution in [0.25, 0.3) is 0 Å². The van der Waals surface area contributed by atoms with Gasteiger partial charge < -0.3 is 9.47 Å². The van der Waals surface area contributed by atoms with E-state index in [4.69, 9.17) is 55.9 Å². The van der Waals surface area contributed by atoms with Crippen LogP contribution in [-0.2, 0) is 14.3 Å². The van der Waals surface area contributed by atoms with Crippen LogP contribution in [0.1, 0.15) is 39.0 Å². The average Bonchev–Trinajstić information content (AvgIpc) is 2.50. The van der Waals surface area contributed by atoms with Gasteiger partial charge in [0.2, 0.25) is 0 Å². The predicted molar refractivity (Wildman–Crippen MR) is 91.8 cm³/mol. The van der Waals surface area contributed by atoms with Gasteiger partial charge in [0.25, 0.3) is 0 Å². The van der Waals surface area contributed by atoms with E-state index in [0.29, 0.717) is 13.0 Å². The van der Waals surface area contributed by atoms with Crippen LogP contribution in [0.15, 0.2) is 6.07 Å². The Morgan fingerprint density at radius 3 is 2.09 bits per heavy atom. The quantitative estimate of drug-likeness (QED) is 0.242. The highest BCUT2D eigenvalue weighted by atomic mass is 35.5. The van der Waals surface area contributed by atoms with Gasteiger partial charge in [-0.25, -0.2) is 0 Å². The fourth-order valence-corrected chi connectivity index (χ4v) is 2.45. The summed E-state index contributed by atoms with van der Waals surface area (Å²) in [7, 11) is 0. The second-order valence-electron chi connectivity index (χ2n) is 4.70. The van der Waals surface area contributed by atoms with Gasteiger partial charge in [0, 0.05) is 12.8 Å². The highest BCUT2D eigenvalue weighted by molar-refractivity contribution is 6.48. The number of carbonyl (C=O) groups is 2. The minimum absolute atomic E-state index is 0.00777. The summed E-state index contributed by atoms with van der Waals surface area (Å²) in [5.74, 6) is -1.01. The van der Waals surface area contributed by atoms with E-state index in [1.165, 1.54) is 6.07 Å². The van der Waals surface area contributed by atoms with Crippen molar-refractivity contribution < 1.29 is 19.1 Å². The van der Waals surface area contributed by atoms with Crippen LogP contribution in [0.5, 0.6) is 5.75 Å². The molecule has 0 N–H and O–H groups in total. The average molecular weight is 402 g/mol. The molecule has 128 valence electrons. The molecule has 0 aliphatic rings. The molecule has 1 aromatic rings. The van der Waals surface area contributed by atoms with Crippen LogP contribution < -0.4 is 4.74 Å². The van der Waals surface area contributed by atoms with Crippen LogP contribution in [0, 0.1) is 0 Å². The van der Waals surface area contributed by atoms with Gasteiger partial charge in [-0.2, -0.15) is 0 Å². The highest BCUT2D eigenvalue weighted by Gasteiger charge is 2.18. The Kier molecular flexibility index (Phi) is 9.07. The Morgan fingerprint density at radius 2 is 1.52 bits per heavy atom. The summed E-state index contributed by atoms with van der Waals surface area (Å²) in [6.07, 6.45) is 2.22. The number of hydrogen-bond acceptors (Lipinski definition) is 4.